The third kappa shape index (κ3) is 5.15. The maximum Gasteiger partial charge on any atom is 0.438 e. The maximum absolute atomic E-state index is 13.4. The molecule has 1 N–H and O–H groups in total. The van der Waals surface area contributed by atoms with Crippen molar-refractivity contribution in [1.82, 2.24) is 34.3 Å². The summed E-state index contributed by atoms with van der Waals surface area (Å²) in [6.07, 6.45) is 4.15. The molecule has 4 heterocycles. The molecule has 39 heavy (non-hydrogen) atoms. The Morgan fingerprint density at radius 1 is 1.13 bits per heavy atom. The van der Waals surface area contributed by atoms with Crippen molar-refractivity contribution in [3.8, 4) is 23.1 Å². The monoisotopic (exact) mass is 541 g/mol. The fourth-order valence-electron chi connectivity index (χ4n) is 4.94. The van der Waals surface area contributed by atoms with Gasteiger partial charge in [-0.3, -0.25) is 14.0 Å². The summed E-state index contributed by atoms with van der Waals surface area (Å²) in [7, 11) is 1.45. The van der Waals surface area contributed by atoms with Crippen LogP contribution in [0.3, 0.4) is 0 Å². The highest BCUT2D eigenvalue weighted by Crippen LogP contribution is 2.39. The Labute approximate surface area is 223 Å². The van der Waals surface area contributed by atoms with E-state index in [4.69, 9.17) is 9.84 Å². The maximum atomic E-state index is 13.4. The highest BCUT2D eigenvalue weighted by Gasteiger charge is 2.39. The van der Waals surface area contributed by atoms with Crippen molar-refractivity contribution < 1.29 is 17.9 Å². The number of rotatable bonds is 7. The van der Waals surface area contributed by atoms with Crippen LogP contribution in [-0.2, 0) is 18.8 Å². The van der Waals surface area contributed by atoms with Crippen molar-refractivity contribution in [2.24, 2.45) is 7.05 Å². The lowest BCUT2D eigenvalue weighted by Crippen LogP contribution is -2.27. The molecular formula is C26H30F3N9O. The summed E-state index contributed by atoms with van der Waals surface area (Å²) < 4.78 is 50.6. The number of hydrogen-bond donors (Lipinski definition) is 1. The van der Waals surface area contributed by atoms with Gasteiger partial charge in [0, 0.05) is 43.0 Å². The van der Waals surface area contributed by atoms with E-state index in [-0.39, 0.29) is 17.9 Å². The predicted octanol–water partition coefficient (Wildman–Crippen LogP) is 5.30. The summed E-state index contributed by atoms with van der Waals surface area (Å²) in [6, 6.07) is 4.24. The third-order valence-corrected chi connectivity index (χ3v) is 7.00. The number of aryl methyl sites for hydroxylation is 1. The van der Waals surface area contributed by atoms with Gasteiger partial charge >= 0.3 is 6.18 Å². The van der Waals surface area contributed by atoms with Gasteiger partial charge in [-0.15, -0.1) is 0 Å². The van der Waals surface area contributed by atoms with Crippen molar-refractivity contribution in [2.45, 2.75) is 70.3 Å². The third-order valence-electron chi connectivity index (χ3n) is 7.00. The standard InChI is InChI=1S/C26H30F3N9O/c1-5-31-22-10-20-19(12-32-22)23(16-11-33-37(13-16)25(2,3)15-30)34-38(20)17-6-8-18(9-7-17)39-21-14-36(4)35-24(21)26(27,28)29/h10-14,17-18H,5-9H2,1-4H3,(H,31,32)/t17-,18+. The number of ether oxygens (including phenoxy) is 1. The fourth-order valence-corrected chi connectivity index (χ4v) is 4.94. The number of fused-ring (bicyclic) bond motifs is 1. The van der Waals surface area contributed by atoms with Crippen molar-refractivity contribution in [1.29, 1.82) is 5.26 Å². The van der Waals surface area contributed by atoms with Crippen LogP contribution in [0.2, 0.25) is 0 Å². The van der Waals surface area contributed by atoms with Gasteiger partial charge in [0.25, 0.3) is 0 Å². The molecule has 0 saturated heterocycles. The van der Waals surface area contributed by atoms with Crippen molar-refractivity contribution in [3.05, 3.63) is 36.5 Å². The normalized spacial score (nSPS) is 18.3. The highest BCUT2D eigenvalue weighted by atomic mass is 19.4. The molecule has 206 valence electrons. The average molecular weight is 542 g/mol. The molecule has 10 nitrogen and oxygen atoms in total. The summed E-state index contributed by atoms with van der Waals surface area (Å²) in [5.41, 5.74) is 0.571. The topological polar surface area (TPSA) is 111 Å². The van der Waals surface area contributed by atoms with Gasteiger partial charge in [0.1, 0.15) is 17.1 Å². The molecule has 4 aromatic heterocycles. The Kier molecular flexibility index (Phi) is 6.74. The Balaban J connectivity index is 1.42. The van der Waals surface area contributed by atoms with E-state index in [2.05, 4.69) is 26.6 Å². The van der Waals surface area contributed by atoms with E-state index < -0.39 is 17.4 Å². The first-order chi connectivity index (χ1) is 18.5. The van der Waals surface area contributed by atoms with E-state index in [9.17, 15) is 18.4 Å². The smallest absolute Gasteiger partial charge is 0.438 e. The minimum Gasteiger partial charge on any atom is -0.486 e. The summed E-state index contributed by atoms with van der Waals surface area (Å²) in [5, 5.41) is 26.5. The molecule has 0 aliphatic heterocycles. The molecule has 0 aromatic carbocycles. The Morgan fingerprint density at radius 2 is 1.87 bits per heavy atom. The molecule has 0 radical (unpaired) electrons. The van der Waals surface area contributed by atoms with Crippen molar-refractivity contribution in [3.63, 3.8) is 0 Å². The van der Waals surface area contributed by atoms with Crippen LogP contribution in [-0.4, -0.2) is 47.0 Å². The van der Waals surface area contributed by atoms with E-state index in [0.29, 0.717) is 37.9 Å². The van der Waals surface area contributed by atoms with Crippen LogP contribution >= 0.6 is 0 Å². The first kappa shape index (κ1) is 26.5. The van der Waals surface area contributed by atoms with Crippen LogP contribution in [0.25, 0.3) is 22.2 Å². The largest absolute Gasteiger partial charge is 0.486 e. The molecule has 1 saturated carbocycles. The van der Waals surface area contributed by atoms with Gasteiger partial charge in [-0.25, -0.2) is 4.98 Å². The number of halogens is 3. The minimum atomic E-state index is -4.58. The number of anilines is 1. The number of nitriles is 1. The summed E-state index contributed by atoms with van der Waals surface area (Å²) in [6.45, 7) is 6.28. The van der Waals surface area contributed by atoms with E-state index in [1.807, 2.05) is 23.9 Å². The van der Waals surface area contributed by atoms with Crippen LogP contribution in [0.5, 0.6) is 5.75 Å². The SMILES string of the molecule is CCNc1cc2c(cn1)c(-c1cnn(C(C)(C)C#N)c1)nn2[C@H]1CC[C@@H](Oc2cn(C)nc2C(F)(F)F)CC1. The molecule has 1 fully saturated rings. The molecule has 0 spiro atoms. The number of aromatic nitrogens is 7. The summed E-state index contributed by atoms with van der Waals surface area (Å²) in [4.78, 5) is 4.54. The first-order valence-electron chi connectivity index (χ1n) is 12.9. The van der Waals surface area contributed by atoms with Gasteiger partial charge in [-0.05, 0) is 46.5 Å². The van der Waals surface area contributed by atoms with Gasteiger partial charge in [0.05, 0.1) is 36.1 Å². The number of pyridine rings is 1. The molecule has 5 rings (SSSR count). The van der Waals surface area contributed by atoms with Crippen molar-refractivity contribution >= 4 is 16.7 Å². The van der Waals surface area contributed by atoms with Crippen LogP contribution in [0.1, 0.15) is 58.2 Å². The van der Waals surface area contributed by atoms with E-state index in [0.717, 1.165) is 27.0 Å². The van der Waals surface area contributed by atoms with Crippen molar-refractivity contribution in [2.75, 3.05) is 11.9 Å². The highest BCUT2D eigenvalue weighted by molar-refractivity contribution is 5.93. The molecule has 0 atom stereocenters. The zero-order valence-corrected chi connectivity index (χ0v) is 22.2. The molecule has 13 heteroatoms. The molecular weight excluding hydrogens is 511 g/mol. The molecule has 0 unspecified atom stereocenters. The molecule has 1 aliphatic rings. The van der Waals surface area contributed by atoms with Gasteiger partial charge in [-0.2, -0.15) is 33.7 Å². The average Bonchev–Trinajstić information content (AvgIpc) is 3.62. The quantitative estimate of drug-likeness (QED) is 0.338. The summed E-state index contributed by atoms with van der Waals surface area (Å²) in [5.74, 6) is 0.492. The van der Waals surface area contributed by atoms with E-state index in [1.165, 1.54) is 13.2 Å². The van der Waals surface area contributed by atoms with Gasteiger partial charge in [0.2, 0.25) is 5.69 Å². The lowest BCUT2D eigenvalue weighted by molar-refractivity contribution is -0.143. The second-order valence-corrected chi connectivity index (χ2v) is 10.3. The number of hydrogen-bond acceptors (Lipinski definition) is 7. The second kappa shape index (κ2) is 9.91. The minimum absolute atomic E-state index is 0.0274. The lowest BCUT2D eigenvalue weighted by Gasteiger charge is -2.29. The Bertz CT molecular complexity index is 1520. The Morgan fingerprint density at radius 3 is 2.54 bits per heavy atom. The number of nitrogens with one attached hydrogen (secondary N) is 1. The van der Waals surface area contributed by atoms with E-state index in [1.54, 1.807) is 30.9 Å². The number of alkyl halides is 3. The van der Waals surface area contributed by atoms with E-state index >= 15 is 0 Å². The molecule has 1 aliphatic carbocycles. The predicted molar refractivity (Wildman–Crippen MR) is 138 cm³/mol. The molecule has 0 amide bonds. The lowest BCUT2D eigenvalue weighted by atomic mass is 9.93. The van der Waals surface area contributed by atoms with Crippen LogP contribution in [0.4, 0.5) is 19.0 Å². The van der Waals surface area contributed by atoms with Crippen LogP contribution < -0.4 is 10.1 Å². The van der Waals surface area contributed by atoms with Crippen LogP contribution in [0, 0.1) is 11.3 Å². The van der Waals surface area contributed by atoms with Gasteiger partial charge in [-0.1, -0.05) is 0 Å². The molecule has 0 bridgehead atoms. The second-order valence-electron chi connectivity index (χ2n) is 10.3. The Hall–Kier alpha value is -4.08. The number of nitrogens with zero attached hydrogens (tertiary/aromatic N) is 8. The zero-order valence-electron chi connectivity index (χ0n) is 22.2. The van der Waals surface area contributed by atoms with Gasteiger partial charge in [0.15, 0.2) is 5.75 Å². The first-order valence-corrected chi connectivity index (χ1v) is 12.9. The summed E-state index contributed by atoms with van der Waals surface area (Å²) >= 11 is 0. The molecule has 4 aromatic rings. The zero-order chi connectivity index (χ0) is 27.9. The fraction of sp³-hybridized carbons (Fsp3) is 0.500. The van der Waals surface area contributed by atoms with Gasteiger partial charge < -0.3 is 10.1 Å². The van der Waals surface area contributed by atoms with Crippen LogP contribution in [0.15, 0.2) is 30.9 Å².